The van der Waals surface area contributed by atoms with Gasteiger partial charge in [0.2, 0.25) is 0 Å². The van der Waals surface area contributed by atoms with Crippen molar-refractivity contribution in [3.8, 4) is 0 Å². The van der Waals surface area contributed by atoms with E-state index in [0.29, 0.717) is 0 Å². The van der Waals surface area contributed by atoms with E-state index in [4.69, 9.17) is 0 Å². The average Bonchev–Trinajstić information content (AvgIpc) is 2.71. The molecule has 13 heavy (non-hydrogen) atoms. The molecule has 2 N–H and O–H groups in total. The van der Waals surface area contributed by atoms with Crippen molar-refractivity contribution in [2.75, 3.05) is 6.54 Å². The van der Waals surface area contributed by atoms with Gasteiger partial charge in [0.25, 0.3) is 0 Å². The molecule has 70 valence electrons. The molecule has 0 amide bonds. The maximum atomic E-state index is 9.96. The second kappa shape index (κ2) is 3.90. The lowest BCUT2D eigenvalue weighted by molar-refractivity contribution is 0.137. The fraction of sp³-hybridized carbons (Fsp3) is 0.455. The fourth-order valence-corrected chi connectivity index (χ4v) is 1.86. The van der Waals surface area contributed by atoms with Gasteiger partial charge in [-0.2, -0.15) is 0 Å². The molecule has 1 saturated heterocycles. The summed E-state index contributed by atoms with van der Waals surface area (Å²) in [6, 6.07) is 10.1. The second-order valence-corrected chi connectivity index (χ2v) is 3.56. The molecule has 0 unspecified atom stereocenters. The maximum Gasteiger partial charge on any atom is 0.0942 e. The van der Waals surface area contributed by atoms with Gasteiger partial charge in [-0.25, -0.2) is 0 Å². The van der Waals surface area contributed by atoms with Crippen LogP contribution in [0.5, 0.6) is 0 Å². The van der Waals surface area contributed by atoms with E-state index in [9.17, 15) is 5.11 Å². The number of aliphatic hydroxyl groups excluding tert-OH is 1. The standard InChI is InChI=1S/C11H15NO/c13-11(10-7-4-8-12-10)9-5-2-1-3-6-9/h1-3,5-6,10-13H,4,7-8H2/t10-,11-/m1/s1. The van der Waals surface area contributed by atoms with Crippen molar-refractivity contribution < 1.29 is 5.11 Å². The average molecular weight is 177 g/mol. The van der Waals surface area contributed by atoms with E-state index in [1.165, 1.54) is 6.42 Å². The number of benzene rings is 1. The lowest BCUT2D eigenvalue weighted by Gasteiger charge is -2.18. The van der Waals surface area contributed by atoms with Gasteiger partial charge in [0.05, 0.1) is 6.10 Å². The van der Waals surface area contributed by atoms with Gasteiger partial charge in [0.1, 0.15) is 0 Å². The van der Waals surface area contributed by atoms with E-state index < -0.39 is 0 Å². The Morgan fingerprint density at radius 1 is 1.31 bits per heavy atom. The Bertz CT molecular complexity index is 254. The number of nitrogens with one attached hydrogen (secondary N) is 1. The van der Waals surface area contributed by atoms with Crippen LogP contribution in [-0.2, 0) is 0 Å². The van der Waals surface area contributed by atoms with Crippen LogP contribution in [0.25, 0.3) is 0 Å². The molecule has 1 heterocycles. The van der Waals surface area contributed by atoms with Crippen LogP contribution in [0.15, 0.2) is 30.3 Å². The summed E-state index contributed by atoms with van der Waals surface area (Å²) in [7, 11) is 0. The van der Waals surface area contributed by atoms with Gasteiger partial charge in [0.15, 0.2) is 0 Å². The molecule has 0 aromatic heterocycles. The molecule has 1 aromatic carbocycles. The van der Waals surface area contributed by atoms with Crippen molar-refractivity contribution in [1.29, 1.82) is 0 Å². The largest absolute Gasteiger partial charge is 0.387 e. The van der Waals surface area contributed by atoms with Crippen LogP contribution < -0.4 is 5.32 Å². The Morgan fingerprint density at radius 3 is 2.69 bits per heavy atom. The molecule has 2 atom stereocenters. The summed E-state index contributed by atoms with van der Waals surface area (Å²) < 4.78 is 0. The van der Waals surface area contributed by atoms with E-state index in [1.54, 1.807) is 0 Å². The monoisotopic (exact) mass is 177 g/mol. The quantitative estimate of drug-likeness (QED) is 0.717. The lowest BCUT2D eigenvalue weighted by Crippen LogP contribution is -2.28. The van der Waals surface area contributed by atoms with Crippen molar-refractivity contribution in [3.05, 3.63) is 35.9 Å². The van der Waals surface area contributed by atoms with Crippen LogP contribution >= 0.6 is 0 Å². The topological polar surface area (TPSA) is 32.3 Å². The minimum absolute atomic E-state index is 0.252. The van der Waals surface area contributed by atoms with E-state index in [-0.39, 0.29) is 12.1 Å². The molecule has 0 spiro atoms. The molecule has 1 aliphatic rings. The molecule has 0 saturated carbocycles. The van der Waals surface area contributed by atoms with Gasteiger partial charge in [-0.3, -0.25) is 0 Å². The van der Waals surface area contributed by atoms with Gasteiger partial charge >= 0.3 is 0 Å². The van der Waals surface area contributed by atoms with Crippen molar-refractivity contribution >= 4 is 0 Å². The molecule has 2 rings (SSSR count). The van der Waals surface area contributed by atoms with E-state index in [0.717, 1.165) is 18.5 Å². The van der Waals surface area contributed by atoms with Crippen LogP contribution in [0, 0.1) is 0 Å². The molecule has 1 aliphatic heterocycles. The van der Waals surface area contributed by atoms with Crippen molar-refractivity contribution in [1.82, 2.24) is 5.32 Å². The number of hydrogen-bond donors (Lipinski definition) is 2. The minimum Gasteiger partial charge on any atom is -0.387 e. The van der Waals surface area contributed by atoms with Crippen LogP contribution in [0.1, 0.15) is 24.5 Å². The van der Waals surface area contributed by atoms with Crippen molar-refractivity contribution in [2.24, 2.45) is 0 Å². The maximum absolute atomic E-state index is 9.96. The Hall–Kier alpha value is -0.860. The van der Waals surface area contributed by atoms with Crippen molar-refractivity contribution in [2.45, 2.75) is 25.0 Å². The molecule has 0 bridgehead atoms. The SMILES string of the molecule is O[C@H](c1ccccc1)[C@H]1CCCN1. The first kappa shape index (κ1) is 8.73. The third-order valence-electron chi connectivity index (χ3n) is 2.62. The molecule has 1 fully saturated rings. The molecule has 2 heteroatoms. The molecule has 2 nitrogen and oxygen atoms in total. The Morgan fingerprint density at radius 2 is 2.08 bits per heavy atom. The summed E-state index contributed by atoms with van der Waals surface area (Å²) in [5.74, 6) is 0. The van der Waals surface area contributed by atoms with E-state index in [1.807, 2.05) is 30.3 Å². The van der Waals surface area contributed by atoms with Gasteiger partial charge in [-0.1, -0.05) is 30.3 Å². The summed E-state index contributed by atoms with van der Waals surface area (Å²) >= 11 is 0. The predicted molar refractivity (Wildman–Crippen MR) is 52.4 cm³/mol. The Labute approximate surface area is 78.6 Å². The molecule has 0 radical (unpaired) electrons. The Balaban J connectivity index is 2.08. The molecule has 1 aromatic rings. The van der Waals surface area contributed by atoms with E-state index in [2.05, 4.69) is 5.32 Å². The smallest absolute Gasteiger partial charge is 0.0942 e. The van der Waals surface area contributed by atoms with Crippen molar-refractivity contribution in [3.63, 3.8) is 0 Å². The minimum atomic E-state index is -0.344. The normalized spacial score (nSPS) is 24.5. The lowest BCUT2D eigenvalue weighted by atomic mass is 10.0. The predicted octanol–water partition coefficient (Wildman–Crippen LogP) is 1.47. The highest BCUT2D eigenvalue weighted by Gasteiger charge is 2.23. The third-order valence-corrected chi connectivity index (χ3v) is 2.62. The first-order valence-electron chi connectivity index (χ1n) is 4.84. The summed E-state index contributed by atoms with van der Waals surface area (Å²) in [5.41, 5.74) is 1.02. The first-order valence-corrected chi connectivity index (χ1v) is 4.84. The number of hydrogen-bond acceptors (Lipinski definition) is 2. The number of aliphatic hydroxyl groups is 1. The highest BCUT2D eigenvalue weighted by atomic mass is 16.3. The summed E-state index contributed by atoms with van der Waals surface area (Å²) in [4.78, 5) is 0. The second-order valence-electron chi connectivity index (χ2n) is 3.56. The highest BCUT2D eigenvalue weighted by molar-refractivity contribution is 5.19. The van der Waals surface area contributed by atoms with Gasteiger partial charge in [-0.05, 0) is 24.9 Å². The van der Waals surface area contributed by atoms with Gasteiger partial charge in [0, 0.05) is 6.04 Å². The zero-order valence-corrected chi connectivity index (χ0v) is 7.61. The van der Waals surface area contributed by atoms with Gasteiger partial charge < -0.3 is 10.4 Å². The fourth-order valence-electron chi connectivity index (χ4n) is 1.86. The van der Waals surface area contributed by atoms with Crippen LogP contribution in [0.4, 0.5) is 0 Å². The molecule has 0 aliphatic carbocycles. The molecular weight excluding hydrogens is 162 g/mol. The van der Waals surface area contributed by atoms with Crippen LogP contribution in [0.2, 0.25) is 0 Å². The highest BCUT2D eigenvalue weighted by Crippen LogP contribution is 2.22. The van der Waals surface area contributed by atoms with Crippen LogP contribution in [-0.4, -0.2) is 17.7 Å². The van der Waals surface area contributed by atoms with Crippen LogP contribution in [0.3, 0.4) is 0 Å². The molecular formula is C11H15NO. The summed E-state index contributed by atoms with van der Waals surface area (Å²) in [6.07, 6.45) is 1.91. The zero-order valence-electron chi connectivity index (χ0n) is 7.61. The Kier molecular flexibility index (Phi) is 2.62. The first-order chi connectivity index (χ1) is 6.38. The third kappa shape index (κ3) is 1.90. The number of rotatable bonds is 2. The summed E-state index contributed by atoms with van der Waals surface area (Å²) in [6.45, 7) is 1.04. The van der Waals surface area contributed by atoms with Gasteiger partial charge in [-0.15, -0.1) is 0 Å². The van der Waals surface area contributed by atoms with E-state index >= 15 is 0 Å². The zero-order chi connectivity index (χ0) is 9.10. The summed E-state index contributed by atoms with van der Waals surface area (Å²) in [5, 5.41) is 13.3.